The van der Waals surface area contributed by atoms with Crippen LogP contribution in [0.5, 0.6) is 0 Å². The minimum atomic E-state index is 0.514. The molecule has 0 aliphatic heterocycles. The predicted molar refractivity (Wildman–Crippen MR) is 44.1 cm³/mol. The van der Waals surface area contributed by atoms with E-state index in [0.29, 0.717) is 5.41 Å². The first kappa shape index (κ1) is 7.58. The molecule has 0 aromatic carbocycles. The summed E-state index contributed by atoms with van der Waals surface area (Å²) in [6, 6.07) is 0. The zero-order valence-corrected chi connectivity index (χ0v) is 6.85. The number of hydrogen-bond donors (Lipinski definition) is 1. The molecule has 1 fully saturated rings. The van der Waals surface area contributed by atoms with E-state index < -0.39 is 0 Å². The molecule has 0 amide bonds. The van der Waals surface area contributed by atoms with Crippen LogP contribution in [0.4, 0.5) is 0 Å². The summed E-state index contributed by atoms with van der Waals surface area (Å²) < 4.78 is 0. The molecule has 0 aromatic heterocycles. The summed E-state index contributed by atoms with van der Waals surface area (Å²) >= 11 is 0. The molecular formula is C8H16N2. The van der Waals surface area contributed by atoms with Crippen molar-refractivity contribution in [2.75, 3.05) is 6.54 Å². The maximum absolute atomic E-state index is 5.56. The minimum Gasteiger partial charge on any atom is -0.387 e. The first-order valence-corrected chi connectivity index (χ1v) is 3.95. The van der Waals surface area contributed by atoms with E-state index in [0.717, 1.165) is 18.8 Å². The molecule has 2 heteroatoms. The second kappa shape index (κ2) is 2.60. The van der Waals surface area contributed by atoms with Gasteiger partial charge in [-0.2, -0.15) is 0 Å². The van der Waals surface area contributed by atoms with Gasteiger partial charge in [0.25, 0.3) is 0 Å². The quantitative estimate of drug-likeness (QED) is 0.469. The lowest BCUT2D eigenvalue weighted by Crippen LogP contribution is -2.12. The van der Waals surface area contributed by atoms with Crippen LogP contribution < -0.4 is 5.73 Å². The minimum absolute atomic E-state index is 0.514. The Balaban J connectivity index is 2.26. The normalized spacial score (nSPS) is 22.8. The number of rotatable bonds is 3. The fourth-order valence-electron chi connectivity index (χ4n) is 0.776. The Hall–Kier alpha value is -0.530. The highest BCUT2D eigenvalue weighted by molar-refractivity contribution is 5.79. The average molecular weight is 140 g/mol. The van der Waals surface area contributed by atoms with Gasteiger partial charge in [-0.3, -0.25) is 4.99 Å². The monoisotopic (exact) mass is 140 g/mol. The largest absolute Gasteiger partial charge is 0.387 e. The molecule has 0 unspecified atom stereocenters. The van der Waals surface area contributed by atoms with Gasteiger partial charge in [-0.1, -0.05) is 13.8 Å². The van der Waals surface area contributed by atoms with Crippen molar-refractivity contribution in [2.45, 2.75) is 33.1 Å². The molecule has 10 heavy (non-hydrogen) atoms. The molecule has 0 heterocycles. The van der Waals surface area contributed by atoms with Crippen molar-refractivity contribution >= 4 is 5.84 Å². The van der Waals surface area contributed by atoms with Crippen LogP contribution >= 0.6 is 0 Å². The molecule has 1 aliphatic rings. The number of nitrogens with zero attached hydrogens (tertiary/aromatic N) is 1. The molecule has 0 aromatic rings. The Labute approximate surface area is 62.5 Å². The molecule has 2 nitrogen and oxygen atoms in total. The summed E-state index contributed by atoms with van der Waals surface area (Å²) in [5.41, 5.74) is 6.07. The van der Waals surface area contributed by atoms with E-state index in [-0.39, 0.29) is 0 Å². The van der Waals surface area contributed by atoms with Gasteiger partial charge in [0, 0.05) is 13.0 Å². The zero-order valence-electron chi connectivity index (χ0n) is 6.85. The SMILES string of the molecule is CCC(N)=NCC1(C)CC1. The maximum Gasteiger partial charge on any atom is 0.0934 e. The van der Waals surface area contributed by atoms with E-state index in [9.17, 15) is 0 Å². The van der Waals surface area contributed by atoms with E-state index in [4.69, 9.17) is 5.73 Å². The van der Waals surface area contributed by atoms with E-state index in [1.54, 1.807) is 0 Å². The Kier molecular flexibility index (Phi) is 1.97. The Bertz CT molecular complexity index is 145. The van der Waals surface area contributed by atoms with Gasteiger partial charge in [-0.05, 0) is 18.3 Å². The highest BCUT2D eigenvalue weighted by Crippen LogP contribution is 2.44. The van der Waals surface area contributed by atoms with Crippen LogP contribution in [-0.2, 0) is 0 Å². The van der Waals surface area contributed by atoms with Gasteiger partial charge < -0.3 is 5.73 Å². The molecular weight excluding hydrogens is 124 g/mol. The van der Waals surface area contributed by atoms with Crippen LogP contribution in [0.25, 0.3) is 0 Å². The van der Waals surface area contributed by atoms with Crippen molar-refractivity contribution in [3.63, 3.8) is 0 Å². The molecule has 1 saturated carbocycles. The van der Waals surface area contributed by atoms with Crippen molar-refractivity contribution in [1.82, 2.24) is 0 Å². The molecule has 0 spiro atoms. The Morgan fingerprint density at radius 3 is 2.60 bits per heavy atom. The van der Waals surface area contributed by atoms with E-state index in [1.807, 2.05) is 6.92 Å². The molecule has 58 valence electrons. The highest BCUT2D eigenvalue weighted by atomic mass is 14.9. The molecule has 2 N–H and O–H groups in total. The van der Waals surface area contributed by atoms with Crippen LogP contribution in [0.1, 0.15) is 33.1 Å². The van der Waals surface area contributed by atoms with Gasteiger partial charge in [0.2, 0.25) is 0 Å². The van der Waals surface area contributed by atoms with E-state index in [1.165, 1.54) is 12.8 Å². The van der Waals surface area contributed by atoms with Crippen LogP contribution in [0, 0.1) is 5.41 Å². The van der Waals surface area contributed by atoms with Crippen LogP contribution in [0.2, 0.25) is 0 Å². The fourth-order valence-corrected chi connectivity index (χ4v) is 0.776. The van der Waals surface area contributed by atoms with Crippen LogP contribution in [-0.4, -0.2) is 12.4 Å². The summed E-state index contributed by atoms with van der Waals surface area (Å²) in [6.07, 6.45) is 3.54. The van der Waals surface area contributed by atoms with Crippen molar-refractivity contribution in [1.29, 1.82) is 0 Å². The lowest BCUT2D eigenvalue weighted by atomic mass is 10.1. The molecule has 1 aliphatic carbocycles. The number of amidine groups is 1. The molecule has 0 bridgehead atoms. The summed E-state index contributed by atoms with van der Waals surface area (Å²) in [5.74, 6) is 0.799. The fraction of sp³-hybridized carbons (Fsp3) is 0.875. The number of aliphatic imine (C=N–C) groups is 1. The molecule has 0 radical (unpaired) electrons. The van der Waals surface area contributed by atoms with Crippen molar-refractivity contribution in [2.24, 2.45) is 16.1 Å². The summed E-state index contributed by atoms with van der Waals surface area (Å²) in [5, 5.41) is 0. The average Bonchev–Trinajstić information content (AvgIpc) is 2.64. The Morgan fingerprint density at radius 1 is 1.60 bits per heavy atom. The topological polar surface area (TPSA) is 38.4 Å². The Morgan fingerprint density at radius 2 is 2.20 bits per heavy atom. The van der Waals surface area contributed by atoms with Gasteiger partial charge in [0.1, 0.15) is 0 Å². The summed E-state index contributed by atoms with van der Waals surface area (Å²) in [7, 11) is 0. The zero-order chi connectivity index (χ0) is 7.61. The molecule has 1 rings (SSSR count). The maximum atomic E-state index is 5.56. The van der Waals surface area contributed by atoms with E-state index in [2.05, 4.69) is 11.9 Å². The standard InChI is InChI=1S/C8H16N2/c1-3-7(9)10-6-8(2)4-5-8/h3-6H2,1-2H3,(H2,9,10). The summed E-state index contributed by atoms with van der Waals surface area (Å²) in [4.78, 5) is 4.27. The highest BCUT2D eigenvalue weighted by Gasteiger charge is 2.36. The van der Waals surface area contributed by atoms with Gasteiger partial charge in [-0.25, -0.2) is 0 Å². The van der Waals surface area contributed by atoms with Crippen LogP contribution in [0.3, 0.4) is 0 Å². The first-order chi connectivity index (χ1) is 4.66. The third-order valence-electron chi connectivity index (χ3n) is 2.13. The third kappa shape index (κ3) is 2.01. The van der Waals surface area contributed by atoms with Crippen molar-refractivity contribution in [3.05, 3.63) is 0 Å². The van der Waals surface area contributed by atoms with Gasteiger partial charge in [0.15, 0.2) is 0 Å². The van der Waals surface area contributed by atoms with Gasteiger partial charge in [-0.15, -0.1) is 0 Å². The number of nitrogens with two attached hydrogens (primary N) is 1. The first-order valence-electron chi connectivity index (χ1n) is 3.95. The smallest absolute Gasteiger partial charge is 0.0934 e. The van der Waals surface area contributed by atoms with Gasteiger partial charge >= 0.3 is 0 Å². The second-order valence-corrected chi connectivity index (χ2v) is 3.47. The van der Waals surface area contributed by atoms with E-state index >= 15 is 0 Å². The summed E-state index contributed by atoms with van der Waals surface area (Å²) in [6.45, 7) is 5.24. The number of hydrogen-bond acceptors (Lipinski definition) is 1. The van der Waals surface area contributed by atoms with Gasteiger partial charge in [0.05, 0.1) is 5.84 Å². The van der Waals surface area contributed by atoms with Crippen LogP contribution in [0.15, 0.2) is 4.99 Å². The van der Waals surface area contributed by atoms with Crippen molar-refractivity contribution < 1.29 is 0 Å². The lowest BCUT2D eigenvalue weighted by molar-refractivity contribution is 0.589. The molecule has 0 atom stereocenters. The molecule has 0 saturated heterocycles. The lowest BCUT2D eigenvalue weighted by Gasteiger charge is -2.02. The third-order valence-corrected chi connectivity index (χ3v) is 2.13. The second-order valence-electron chi connectivity index (χ2n) is 3.47. The predicted octanol–water partition coefficient (Wildman–Crippen LogP) is 1.55. The van der Waals surface area contributed by atoms with Crippen molar-refractivity contribution in [3.8, 4) is 0 Å².